The Balaban J connectivity index is 2.27. The molecule has 1 aliphatic rings. The van der Waals surface area contributed by atoms with Crippen molar-refractivity contribution >= 4 is 23.0 Å². The normalized spacial score (nSPS) is 15.7. The molecule has 1 saturated heterocycles. The van der Waals surface area contributed by atoms with Crippen molar-refractivity contribution in [1.29, 1.82) is 0 Å². The van der Waals surface area contributed by atoms with Crippen molar-refractivity contribution in [2.24, 2.45) is 0 Å². The summed E-state index contributed by atoms with van der Waals surface area (Å²) in [6.45, 7) is 0.682. The van der Waals surface area contributed by atoms with Crippen molar-refractivity contribution in [2.75, 3.05) is 49.3 Å². The topological polar surface area (TPSA) is 76.6 Å². The molecule has 1 aromatic rings. The summed E-state index contributed by atoms with van der Waals surface area (Å²) in [5.41, 5.74) is 2.41. The third-order valence-electron chi connectivity index (χ3n) is 4.42. The molecule has 2 rings (SSSR count). The third-order valence-corrected chi connectivity index (χ3v) is 4.42. The van der Waals surface area contributed by atoms with Gasteiger partial charge in [0.1, 0.15) is 0 Å². The molecule has 0 aliphatic carbocycles. The fraction of sp³-hybridized carbons (Fsp3) is 0.588. The van der Waals surface area contributed by atoms with Crippen LogP contribution in [0.5, 0.6) is 0 Å². The van der Waals surface area contributed by atoms with Crippen LogP contribution in [-0.4, -0.2) is 57.0 Å². The molecule has 0 bridgehead atoms. The van der Waals surface area contributed by atoms with E-state index in [1.807, 2.05) is 11.0 Å². The first-order valence-electron chi connectivity index (χ1n) is 8.56. The summed E-state index contributed by atoms with van der Waals surface area (Å²) in [4.78, 5) is 14.5. The second-order valence-electron chi connectivity index (χ2n) is 6.25. The molecule has 146 valence electrons. The fourth-order valence-electron chi connectivity index (χ4n) is 2.97. The van der Waals surface area contributed by atoms with E-state index in [0.717, 1.165) is 5.69 Å². The molecule has 1 amide bonds. The van der Waals surface area contributed by atoms with Gasteiger partial charge in [0.05, 0.1) is 35.2 Å². The third kappa shape index (κ3) is 5.17. The predicted octanol–water partition coefficient (Wildman–Crippen LogP) is 2.41. The number of alkyl halides is 3. The second kappa shape index (κ2) is 8.48. The highest BCUT2D eigenvalue weighted by atomic mass is 19.4. The lowest BCUT2D eigenvalue weighted by molar-refractivity contribution is -0.132. The molecule has 0 aromatic heterocycles. The number of aliphatic hydroxyl groups excluding tert-OH is 1. The van der Waals surface area contributed by atoms with Crippen molar-refractivity contribution in [1.82, 2.24) is 5.32 Å². The summed E-state index contributed by atoms with van der Waals surface area (Å²) < 4.78 is 37.0. The molecule has 9 heteroatoms. The van der Waals surface area contributed by atoms with E-state index in [9.17, 15) is 23.1 Å². The summed E-state index contributed by atoms with van der Waals surface area (Å²) in [5, 5.41) is 18.1. The van der Waals surface area contributed by atoms with Crippen LogP contribution in [-0.2, 0) is 0 Å². The molecular formula is C17H25F3N4O2. The Bertz CT molecular complexity index is 629. The standard InChI is InChI=1S/C17H25F3N4O2/c1-21-13-9-12(16(26)23-6-5-17(18,19)20)15(10-14(13)22-2)24-7-3-11(25)4-8-24/h9-11,21-22,25H,3-8H2,1-2H3,(H,23,26). The van der Waals surface area contributed by atoms with Gasteiger partial charge in [-0.05, 0) is 25.0 Å². The Morgan fingerprint density at radius 1 is 1.19 bits per heavy atom. The van der Waals surface area contributed by atoms with Gasteiger partial charge in [0.25, 0.3) is 5.91 Å². The average molecular weight is 374 g/mol. The number of hydrogen-bond acceptors (Lipinski definition) is 5. The van der Waals surface area contributed by atoms with Crippen molar-refractivity contribution in [2.45, 2.75) is 31.5 Å². The summed E-state index contributed by atoms with van der Waals surface area (Å²) in [6, 6.07) is 3.44. The summed E-state index contributed by atoms with van der Waals surface area (Å²) in [6.07, 6.45) is -4.59. The number of benzene rings is 1. The zero-order valence-corrected chi connectivity index (χ0v) is 14.9. The van der Waals surface area contributed by atoms with Crippen molar-refractivity contribution < 1.29 is 23.1 Å². The number of anilines is 3. The van der Waals surface area contributed by atoms with E-state index >= 15 is 0 Å². The van der Waals surface area contributed by atoms with Crippen LogP contribution in [0, 0.1) is 0 Å². The minimum absolute atomic E-state index is 0.312. The number of nitrogens with one attached hydrogen (secondary N) is 3. The first kappa shape index (κ1) is 20.2. The molecule has 0 atom stereocenters. The molecule has 1 fully saturated rings. The van der Waals surface area contributed by atoms with Crippen LogP contribution >= 0.6 is 0 Å². The summed E-state index contributed by atoms with van der Waals surface area (Å²) >= 11 is 0. The monoisotopic (exact) mass is 374 g/mol. The Kier molecular flexibility index (Phi) is 6.57. The Morgan fingerprint density at radius 3 is 2.31 bits per heavy atom. The highest BCUT2D eigenvalue weighted by Crippen LogP contribution is 2.33. The Hall–Kier alpha value is -2.16. The second-order valence-corrected chi connectivity index (χ2v) is 6.25. The highest BCUT2D eigenvalue weighted by Gasteiger charge is 2.28. The molecule has 0 radical (unpaired) electrons. The number of rotatable bonds is 6. The largest absolute Gasteiger partial charge is 0.393 e. The van der Waals surface area contributed by atoms with E-state index in [1.54, 1.807) is 20.2 Å². The van der Waals surface area contributed by atoms with Crippen molar-refractivity contribution in [3.63, 3.8) is 0 Å². The quantitative estimate of drug-likeness (QED) is 0.615. The smallest absolute Gasteiger partial charge is 0.390 e. The molecule has 0 unspecified atom stereocenters. The molecule has 1 aromatic carbocycles. The van der Waals surface area contributed by atoms with Crippen LogP contribution < -0.4 is 20.9 Å². The van der Waals surface area contributed by atoms with Gasteiger partial charge in [0.2, 0.25) is 0 Å². The van der Waals surface area contributed by atoms with E-state index in [0.29, 0.717) is 42.9 Å². The predicted molar refractivity (Wildman–Crippen MR) is 96.0 cm³/mol. The summed E-state index contributed by atoms with van der Waals surface area (Å²) in [7, 11) is 3.46. The molecular weight excluding hydrogens is 349 g/mol. The molecule has 6 nitrogen and oxygen atoms in total. The first-order valence-corrected chi connectivity index (χ1v) is 8.56. The van der Waals surface area contributed by atoms with E-state index in [1.165, 1.54) is 0 Å². The lowest BCUT2D eigenvalue weighted by atomic mass is 10.0. The average Bonchev–Trinajstić information content (AvgIpc) is 2.60. The minimum Gasteiger partial charge on any atom is -0.393 e. The first-order chi connectivity index (χ1) is 12.2. The zero-order valence-electron chi connectivity index (χ0n) is 14.9. The van der Waals surface area contributed by atoms with E-state index in [4.69, 9.17) is 0 Å². The lowest BCUT2D eigenvalue weighted by Gasteiger charge is -2.33. The van der Waals surface area contributed by atoms with Gasteiger partial charge in [-0.25, -0.2) is 0 Å². The number of hydrogen-bond donors (Lipinski definition) is 4. The number of amides is 1. The summed E-state index contributed by atoms with van der Waals surface area (Å²) in [5.74, 6) is -0.547. The van der Waals surface area contributed by atoms with E-state index in [2.05, 4.69) is 16.0 Å². The SMILES string of the molecule is CNc1cc(C(=O)NCCC(F)(F)F)c(N2CCC(O)CC2)cc1NC. The Morgan fingerprint density at radius 2 is 1.77 bits per heavy atom. The molecule has 0 saturated carbocycles. The number of nitrogens with zero attached hydrogens (tertiary/aromatic N) is 1. The fourth-order valence-corrected chi connectivity index (χ4v) is 2.97. The minimum atomic E-state index is -4.31. The maximum absolute atomic E-state index is 12.5. The molecule has 4 N–H and O–H groups in total. The molecule has 26 heavy (non-hydrogen) atoms. The lowest BCUT2D eigenvalue weighted by Crippen LogP contribution is -2.37. The Labute approximate surface area is 150 Å². The van der Waals surface area contributed by atoms with Crippen LogP contribution in [0.15, 0.2) is 12.1 Å². The van der Waals surface area contributed by atoms with Gasteiger partial charge in [-0.1, -0.05) is 0 Å². The van der Waals surface area contributed by atoms with Gasteiger partial charge >= 0.3 is 6.18 Å². The number of halogens is 3. The van der Waals surface area contributed by atoms with E-state index in [-0.39, 0.29) is 6.10 Å². The van der Waals surface area contributed by atoms with Gasteiger partial charge in [-0.15, -0.1) is 0 Å². The number of carbonyl (C=O) groups excluding carboxylic acids is 1. The zero-order chi connectivity index (χ0) is 19.3. The number of aliphatic hydroxyl groups is 1. The molecule has 1 aliphatic heterocycles. The van der Waals surface area contributed by atoms with Crippen LogP contribution in [0.25, 0.3) is 0 Å². The van der Waals surface area contributed by atoms with Gasteiger partial charge in [-0.3, -0.25) is 4.79 Å². The maximum Gasteiger partial charge on any atom is 0.390 e. The van der Waals surface area contributed by atoms with Crippen molar-refractivity contribution in [3.05, 3.63) is 17.7 Å². The van der Waals surface area contributed by atoms with Gasteiger partial charge in [0, 0.05) is 33.7 Å². The van der Waals surface area contributed by atoms with Crippen LogP contribution in [0.4, 0.5) is 30.2 Å². The highest BCUT2D eigenvalue weighted by molar-refractivity contribution is 6.02. The van der Waals surface area contributed by atoms with E-state index < -0.39 is 25.0 Å². The maximum atomic E-state index is 12.5. The number of carbonyl (C=O) groups is 1. The van der Waals surface area contributed by atoms with Gasteiger partial charge in [-0.2, -0.15) is 13.2 Å². The van der Waals surface area contributed by atoms with Crippen LogP contribution in [0.1, 0.15) is 29.6 Å². The van der Waals surface area contributed by atoms with Gasteiger partial charge in [0.15, 0.2) is 0 Å². The number of piperidine rings is 1. The molecule has 0 spiro atoms. The van der Waals surface area contributed by atoms with Gasteiger partial charge < -0.3 is 26.0 Å². The van der Waals surface area contributed by atoms with Crippen molar-refractivity contribution in [3.8, 4) is 0 Å². The van der Waals surface area contributed by atoms with Crippen LogP contribution in [0.2, 0.25) is 0 Å². The van der Waals surface area contributed by atoms with Crippen LogP contribution in [0.3, 0.4) is 0 Å². The molecule has 1 heterocycles.